The van der Waals surface area contributed by atoms with Crippen molar-refractivity contribution in [1.82, 2.24) is 10.3 Å². The zero-order valence-corrected chi connectivity index (χ0v) is 10.6. The highest BCUT2D eigenvalue weighted by molar-refractivity contribution is 5.86. The van der Waals surface area contributed by atoms with Gasteiger partial charge in [-0.2, -0.15) is 0 Å². The molecule has 3 heteroatoms. The maximum Gasteiger partial charge on any atom is 0.120 e. The molecule has 1 aliphatic rings. The standard InChI is InChI=1S/C15H18N2O/c1-11-8-14(18-13-3-6-16-7-4-13)9-12-2-5-17-10-15(11)12/h2,5,8-10,13,16H,3-4,6-7H2,1H3. The van der Waals surface area contributed by atoms with E-state index in [4.69, 9.17) is 4.74 Å². The van der Waals surface area contributed by atoms with Crippen molar-refractivity contribution in [1.29, 1.82) is 0 Å². The van der Waals surface area contributed by atoms with Gasteiger partial charge in [0, 0.05) is 17.8 Å². The molecule has 2 heterocycles. The zero-order valence-electron chi connectivity index (χ0n) is 10.6. The van der Waals surface area contributed by atoms with Crippen molar-refractivity contribution in [2.24, 2.45) is 0 Å². The van der Waals surface area contributed by atoms with E-state index in [2.05, 4.69) is 29.4 Å². The molecule has 0 aliphatic carbocycles. The van der Waals surface area contributed by atoms with Crippen LogP contribution in [0.5, 0.6) is 5.75 Å². The van der Waals surface area contributed by atoms with Crippen LogP contribution in [0.1, 0.15) is 18.4 Å². The Morgan fingerprint density at radius 1 is 1.28 bits per heavy atom. The van der Waals surface area contributed by atoms with Gasteiger partial charge >= 0.3 is 0 Å². The summed E-state index contributed by atoms with van der Waals surface area (Å²) in [5.41, 5.74) is 1.23. The maximum atomic E-state index is 6.08. The van der Waals surface area contributed by atoms with E-state index in [-0.39, 0.29) is 0 Å². The van der Waals surface area contributed by atoms with Crippen LogP contribution in [0.15, 0.2) is 30.6 Å². The number of ether oxygens (including phenoxy) is 1. The summed E-state index contributed by atoms with van der Waals surface area (Å²) in [5.74, 6) is 0.984. The fourth-order valence-electron chi connectivity index (χ4n) is 2.52. The second-order valence-corrected chi connectivity index (χ2v) is 4.90. The number of rotatable bonds is 2. The minimum absolute atomic E-state index is 0.352. The van der Waals surface area contributed by atoms with Gasteiger partial charge in [0.25, 0.3) is 0 Å². The van der Waals surface area contributed by atoms with E-state index >= 15 is 0 Å². The van der Waals surface area contributed by atoms with Gasteiger partial charge in [-0.15, -0.1) is 0 Å². The molecular weight excluding hydrogens is 224 g/mol. The molecule has 1 aliphatic heterocycles. The van der Waals surface area contributed by atoms with E-state index in [0.29, 0.717) is 6.10 Å². The third-order valence-corrected chi connectivity index (χ3v) is 3.53. The highest BCUT2D eigenvalue weighted by Crippen LogP contribution is 2.25. The normalized spacial score (nSPS) is 16.9. The number of aromatic nitrogens is 1. The van der Waals surface area contributed by atoms with Crippen molar-refractivity contribution in [3.8, 4) is 5.75 Å². The first kappa shape index (κ1) is 11.5. The van der Waals surface area contributed by atoms with Gasteiger partial charge in [-0.25, -0.2) is 0 Å². The Kier molecular flexibility index (Phi) is 3.15. The topological polar surface area (TPSA) is 34.1 Å². The van der Waals surface area contributed by atoms with E-state index in [1.807, 2.05) is 18.5 Å². The van der Waals surface area contributed by atoms with Crippen molar-refractivity contribution in [3.63, 3.8) is 0 Å². The van der Waals surface area contributed by atoms with E-state index < -0.39 is 0 Å². The molecule has 0 bridgehead atoms. The van der Waals surface area contributed by atoms with Crippen molar-refractivity contribution in [2.75, 3.05) is 13.1 Å². The number of piperidine rings is 1. The molecule has 1 aromatic carbocycles. The first-order valence-electron chi connectivity index (χ1n) is 6.55. The molecule has 2 aromatic rings. The van der Waals surface area contributed by atoms with E-state index in [1.165, 1.54) is 16.3 Å². The third kappa shape index (κ3) is 2.31. The van der Waals surface area contributed by atoms with Crippen molar-refractivity contribution >= 4 is 10.8 Å². The summed E-state index contributed by atoms with van der Waals surface area (Å²) in [4.78, 5) is 4.17. The smallest absolute Gasteiger partial charge is 0.120 e. The summed E-state index contributed by atoms with van der Waals surface area (Å²) in [6.07, 6.45) is 6.28. The number of hydrogen-bond donors (Lipinski definition) is 1. The quantitative estimate of drug-likeness (QED) is 0.879. The van der Waals surface area contributed by atoms with Gasteiger partial charge < -0.3 is 10.1 Å². The van der Waals surface area contributed by atoms with Gasteiger partial charge in [0.05, 0.1) is 0 Å². The second-order valence-electron chi connectivity index (χ2n) is 4.90. The Morgan fingerprint density at radius 3 is 2.94 bits per heavy atom. The monoisotopic (exact) mass is 242 g/mol. The Bertz CT molecular complexity index is 547. The van der Waals surface area contributed by atoms with Crippen LogP contribution in [-0.2, 0) is 0 Å². The summed E-state index contributed by atoms with van der Waals surface area (Å²) >= 11 is 0. The Balaban J connectivity index is 1.87. The summed E-state index contributed by atoms with van der Waals surface area (Å²) in [7, 11) is 0. The second kappa shape index (κ2) is 4.94. The van der Waals surface area contributed by atoms with Gasteiger partial charge in [-0.05, 0) is 62.0 Å². The highest BCUT2D eigenvalue weighted by atomic mass is 16.5. The number of fused-ring (bicyclic) bond motifs is 1. The number of pyridine rings is 1. The fourth-order valence-corrected chi connectivity index (χ4v) is 2.52. The lowest BCUT2D eigenvalue weighted by molar-refractivity contribution is 0.162. The predicted octanol–water partition coefficient (Wildman–Crippen LogP) is 2.67. The molecule has 94 valence electrons. The number of nitrogens with zero attached hydrogens (tertiary/aromatic N) is 1. The summed E-state index contributed by atoms with van der Waals surface area (Å²) in [6, 6.07) is 6.27. The average Bonchev–Trinajstić information content (AvgIpc) is 2.40. The summed E-state index contributed by atoms with van der Waals surface area (Å²) in [6.45, 7) is 4.22. The Labute approximate surface area is 107 Å². The number of aryl methyl sites for hydroxylation is 1. The minimum atomic E-state index is 0.352. The summed E-state index contributed by atoms with van der Waals surface area (Å²) in [5, 5.41) is 5.76. The Morgan fingerprint density at radius 2 is 2.11 bits per heavy atom. The van der Waals surface area contributed by atoms with Crippen molar-refractivity contribution in [3.05, 3.63) is 36.2 Å². The molecule has 1 saturated heterocycles. The number of hydrogen-bond acceptors (Lipinski definition) is 3. The van der Waals surface area contributed by atoms with Crippen LogP contribution in [0.25, 0.3) is 10.8 Å². The largest absolute Gasteiger partial charge is 0.490 e. The fraction of sp³-hybridized carbons (Fsp3) is 0.400. The molecule has 0 unspecified atom stereocenters. The van der Waals surface area contributed by atoms with Gasteiger partial charge in [-0.3, -0.25) is 4.98 Å². The minimum Gasteiger partial charge on any atom is -0.490 e. The van der Waals surface area contributed by atoms with Gasteiger partial charge in [0.15, 0.2) is 0 Å². The molecule has 0 spiro atoms. The van der Waals surface area contributed by atoms with Crippen LogP contribution < -0.4 is 10.1 Å². The molecule has 0 saturated carbocycles. The van der Waals surface area contributed by atoms with Gasteiger partial charge in [0.1, 0.15) is 11.9 Å². The van der Waals surface area contributed by atoms with E-state index in [9.17, 15) is 0 Å². The van der Waals surface area contributed by atoms with Crippen molar-refractivity contribution in [2.45, 2.75) is 25.9 Å². The molecular formula is C15H18N2O. The molecule has 3 rings (SSSR count). The predicted molar refractivity (Wildman–Crippen MR) is 73.0 cm³/mol. The lowest BCUT2D eigenvalue weighted by Crippen LogP contribution is -2.34. The average molecular weight is 242 g/mol. The van der Waals surface area contributed by atoms with E-state index in [1.54, 1.807) is 0 Å². The van der Waals surface area contributed by atoms with Crippen LogP contribution >= 0.6 is 0 Å². The maximum absolute atomic E-state index is 6.08. The first-order valence-corrected chi connectivity index (χ1v) is 6.55. The SMILES string of the molecule is Cc1cc(OC2CCNCC2)cc2ccncc12. The highest BCUT2D eigenvalue weighted by Gasteiger charge is 2.14. The molecule has 18 heavy (non-hydrogen) atoms. The zero-order chi connectivity index (χ0) is 12.4. The van der Waals surface area contributed by atoms with Gasteiger partial charge in [-0.1, -0.05) is 0 Å². The Hall–Kier alpha value is -1.61. The third-order valence-electron chi connectivity index (χ3n) is 3.53. The van der Waals surface area contributed by atoms with Gasteiger partial charge in [0.2, 0.25) is 0 Å². The van der Waals surface area contributed by atoms with Crippen LogP contribution in [0.2, 0.25) is 0 Å². The number of nitrogens with one attached hydrogen (secondary N) is 1. The lowest BCUT2D eigenvalue weighted by atomic mass is 10.1. The van der Waals surface area contributed by atoms with Crippen LogP contribution in [0.4, 0.5) is 0 Å². The van der Waals surface area contributed by atoms with Crippen molar-refractivity contribution < 1.29 is 4.74 Å². The molecule has 3 nitrogen and oxygen atoms in total. The molecule has 0 radical (unpaired) electrons. The molecule has 0 amide bonds. The van der Waals surface area contributed by atoms with Crippen LogP contribution in [-0.4, -0.2) is 24.2 Å². The number of benzene rings is 1. The molecule has 1 N–H and O–H groups in total. The molecule has 1 fully saturated rings. The summed E-state index contributed by atoms with van der Waals surface area (Å²) < 4.78 is 6.08. The van der Waals surface area contributed by atoms with Crippen LogP contribution in [0, 0.1) is 6.92 Å². The lowest BCUT2D eigenvalue weighted by Gasteiger charge is -2.24. The molecule has 0 atom stereocenters. The van der Waals surface area contributed by atoms with Crippen LogP contribution in [0.3, 0.4) is 0 Å². The molecule has 1 aromatic heterocycles. The first-order chi connectivity index (χ1) is 8.83. The van der Waals surface area contributed by atoms with E-state index in [0.717, 1.165) is 31.7 Å².